The molecule has 1 N–H and O–H groups in total. The van der Waals surface area contributed by atoms with E-state index in [4.69, 9.17) is 19.4 Å². The van der Waals surface area contributed by atoms with Gasteiger partial charge in [-0.25, -0.2) is 19.3 Å². The number of anilines is 3. The average Bonchev–Trinajstić information content (AvgIpc) is 3.66. The lowest BCUT2D eigenvalue weighted by atomic mass is 10.1. The highest BCUT2D eigenvalue weighted by molar-refractivity contribution is 5.86. The molecular formula is C30H34FN7O2. The maximum Gasteiger partial charge on any atom is 0.223 e. The Kier molecular flexibility index (Phi) is 6.95. The molecule has 1 aromatic carbocycles. The molecule has 0 amide bonds. The van der Waals surface area contributed by atoms with E-state index in [1.54, 1.807) is 12.1 Å². The Morgan fingerprint density at radius 1 is 0.850 bits per heavy atom. The normalized spacial score (nSPS) is 18.5. The van der Waals surface area contributed by atoms with E-state index in [0.29, 0.717) is 38.4 Å². The minimum absolute atomic E-state index is 0.275. The molecule has 0 bridgehead atoms. The zero-order chi connectivity index (χ0) is 26.9. The van der Waals surface area contributed by atoms with Crippen molar-refractivity contribution in [1.29, 1.82) is 0 Å². The van der Waals surface area contributed by atoms with Crippen LogP contribution in [0.15, 0.2) is 48.8 Å². The molecule has 5 heterocycles. The van der Waals surface area contributed by atoms with Crippen LogP contribution in [0.2, 0.25) is 0 Å². The molecule has 3 aromatic heterocycles. The second kappa shape index (κ2) is 11.0. The van der Waals surface area contributed by atoms with Crippen molar-refractivity contribution in [2.24, 2.45) is 0 Å². The SMILES string of the molecule is Fc1ccc(-c2nc3c(N4CCOCC4)cc(N4CCOCC4)cn3c2-c2ccnc(NC3CCCC3)n2)cc1. The number of hydrogen-bond acceptors (Lipinski definition) is 8. The van der Waals surface area contributed by atoms with Crippen molar-refractivity contribution in [3.8, 4) is 22.6 Å². The number of morpholine rings is 2. The van der Waals surface area contributed by atoms with Crippen LogP contribution in [0.25, 0.3) is 28.3 Å². The summed E-state index contributed by atoms with van der Waals surface area (Å²) in [7, 11) is 0. The number of nitrogens with one attached hydrogen (secondary N) is 1. The molecule has 0 spiro atoms. The van der Waals surface area contributed by atoms with E-state index in [1.165, 1.54) is 25.0 Å². The molecule has 40 heavy (non-hydrogen) atoms. The number of ether oxygens (including phenoxy) is 2. The molecule has 7 rings (SSSR count). The molecule has 2 aliphatic heterocycles. The number of imidazole rings is 1. The first-order valence-electron chi connectivity index (χ1n) is 14.3. The zero-order valence-electron chi connectivity index (χ0n) is 22.6. The average molecular weight is 544 g/mol. The van der Waals surface area contributed by atoms with Gasteiger partial charge >= 0.3 is 0 Å². The smallest absolute Gasteiger partial charge is 0.223 e. The monoisotopic (exact) mass is 543 g/mol. The minimum atomic E-state index is -0.275. The molecule has 0 unspecified atom stereocenters. The highest BCUT2D eigenvalue weighted by Crippen LogP contribution is 2.38. The summed E-state index contributed by atoms with van der Waals surface area (Å²) in [5.74, 6) is 0.352. The van der Waals surface area contributed by atoms with Gasteiger partial charge in [-0.3, -0.25) is 4.40 Å². The van der Waals surface area contributed by atoms with Gasteiger partial charge in [0.05, 0.1) is 54.9 Å². The van der Waals surface area contributed by atoms with Gasteiger partial charge in [0.2, 0.25) is 5.95 Å². The van der Waals surface area contributed by atoms with E-state index in [-0.39, 0.29) is 5.82 Å². The van der Waals surface area contributed by atoms with E-state index in [0.717, 1.165) is 78.7 Å². The molecule has 0 radical (unpaired) electrons. The van der Waals surface area contributed by atoms with E-state index in [1.807, 2.05) is 12.3 Å². The Morgan fingerprint density at radius 3 is 2.27 bits per heavy atom. The third kappa shape index (κ3) is 4.97. The highest BCUT2D eigenvalue weighted by atomic mass is 19.1. The fourth-order valence-electron chi connectivity index (χ4n) is 6.01. The summed E-state index contributed by atoms with van der Waals surface area (Å²) in [4.78, 5) is 19.5. The van der Waals surface area contributed by atoms with Crippen LogP contribution in [0, 0.1) is 5.82 Å². The number of pyridine rings is 1. The third-order valence-electron chi connectivity index (χ3n) is 8.12. The lowest BCUT2D eigenvalue weighted by Crippen LogP contribution is -2.38. The van der Waals surface area contributed by atoms with Crippen LogP contribution in [-0.4, -0.2) is 78.0 Å². The first-order valence-corrected chi connectivity index (χ1v) is 14.3. The van der Waals surface area contributed by atoms with E-state index in [2.05, 4.69) is 36.8 Å². The van der Waals surface area contributed by atoms with E-state index < -0.39 is 0 Å². The molecule has 3 aliphatic rings. The number of rotatable bonds is 6. The molecule has 0 atom stereocenters. The van der Waals surface area contributed by atoms with Gasteiger partial charge in [0, 0.05) is 50.2 Å². The number of benzene rings is 1. The van der Waals surface area contributed by atoms with Gasteiger partial charge in [-0.15, -0.1) is 0 Å². The molecule has 3 fully saturated rings. The summed E-state index contributed by atoms with van der Waals surface area (Å²) >= 11 is 0. The maximum absolute atomic E-state index is 14.0. The number of aromatic nitrogens is 4. The topological polar surface area (TPSA) is 80.0 Å². The van der Waals surface area contributed by atoms with Gasteiger partial charge in [0.15, 0.2) is 5.65 Å². The van der Waals surface area contributed by atoms with E-state index >= 15 is 0 Å². The van der Waals surface area contributed by atoms with Gasteiger partial charge in [0.25, 0.3) is 0 Å². The van der Waals surface area contributed by atoms with Gasteiger partial charge in [-0.1, -0.05) is 12.8 Å². The van der Waals surface area contributed by atoms with Crippen molar-refractivity contribution < 1.29 is 13.9 Å². The predicted molar refractivity (Wildman–Crippen MR) is 154 cm³/mol. The Bertz CT molecular complexity index is 1470. The van der Waals surface area contributed by atoms with Crippen molar-refractivity contribution in [3.63, 3.8) is 0 Å². The molecule has 2 saturated heterocycles. The fourth-order valence-corrected chi connectivity index (χ4v) is 6.01. The number of hydrogen-bond donors (Lipinski definition) is 1. The standard InChI is InChI=1S/C30H34FN7O2/c31-22-7-5-21(6-8-22)27-28(25-9-10-32-30(34-25)33-23-3-1-2-4-23)38-20-24(36-11-15-39-16-12-36)19-26(29(38)35-27)37-13-17-40-18-14-37/h5-10,19-20,23H,1-4,11-18H2,(H,32,33,34). The summed E-state index contributed by atoms with van der Waals surface area (Å²) in [6.45, 7) is 5.98. The Hall–Kier alpha value is -3.76. The molecule has 1 aliphatic carbocycles. The van der Waals surface area contributed by atoms with Crippen LogP contribution in [-0.2, 0) is 9.47 Å². The Labute approximate surface area is 233 Å². The van der Waals surface area contributed by atoms with Gasteiger partial charge < -0.3 is 24.6 Å². The quantitative estimate of drug-likeness (QED) is 0.377. The van der Waals surface area contributed by atoms with Crippen molar-refractivity contribution in [3.05, 3.63) is 54.6 Å². The zero-order valence-corrected chi connectivity index (χ0v) is 22.6. The lowest BCUT2D eigenvalue weighted by Gasteiger charge is -2.32. The van der Waals surface area contributed by atoms with Crippen LogP contribution < -0.4 is 15.1 Å². The fraction of sp³-hybridized carbons (Fsp3) is 0.433. The van der Waals surface area contributed by atoms with Crippen molar-refractivity contribution in [2.45, 2.75) is 31.7 Å². The van der Waals surface area contributed by atoms with Crippen LogP contribution in [0.4, 0.5) is 21.7 Å². The largest absolute Gasteiger partial charge is 0.378 e. The number of fused-ring (bicyclic) bond motifs is 1. The van der Waals surface area contributed by atoms with Crippen LogP contribution in [0.3, 0.4) is 0 Å². The van der Waals surface area contributed by atoms with E-state index in [9.17, 15) is 4.39 Å². The first kappa shape index (κ1) is 25.2. The predicted octanol–water partition coefficient (Wildman–Crippen LogP) is 4.63. The summed E-state index contributed by atoms with van der Waals surface area (Å²) < 4.78 is 27.4. The maximum atomic E-state index is 14.0. The van der Waals surface area contributed by atoms with Crippen molar-refractivity contribution >= 4 is 23.0 Å². The van der Waals surface area contributed by atoms with Crippen LogP contribution in [0.1, 0.15) is 25.7 Å². The molecule has 208 valence electrons. The van der Waals surface area contributed by atoms with Gasteiger partial charge in [-0.2, -0.15) is 0 Å². The Morgan fingerprint density at radius 2 is 1.55 bits per heavy atom. The van der Waals surface area contributed by atoms with Gasteiger partial charge in [-0.05, 0) is 49.2 Å². The Balaban J connectivity index is 1.43. The molecule has 4 aromatic rings. The van der Waals surface area contributed by atoms with Crippen LogP contribution >= 0.6 is 0 Å². The molecule has 9 nitrogen and oxygen atoms in total. The highest BCUT2D eigenvalue weighted by Gasteiger charge is 2.25. The minimum Gasteiger partial charge on any atom is -0.378 e. The van der Waals surface area contributed by atoms with Gasteiger partial charge in [0.1, 0.15) is 5.82 Å². The number of nitrogens with zero attached hydrogens (tertiary/aromatic N) is 6. The summed E-state index contributed by atoms with van der Waals surface area (Å²) in [6.07, 6.45) is 8.70. The second-order valence-electron chi connectivity index (χ2n) is 10.7. The van der Waals surface area contributed by atoms with Crippen LogP contribution in [0.5, 0.6) is 0 Å². The summed E-state index contributed by atoms with van der Waals surface area (Å²) in [5.41, 5.74) is 6.25. The number of halogens is 1. The summed E-state index contributed by atoms with van der Waals surface area (Å²) in [6, 6.07) is 11.1. The molecule has 1 saturated carbocycles. The van der Waals surface area contributed by atoms with Crippen molar-refractivity contribution in [1.82, 2.24) is 19.4 Å². The molecular weight excluding hydrogens is 509 g/mol. The summed E-state index contributed by atoms with van der Waals surface area (Å²) in [5, 5.41) is 3.54. The lowest BCUT2D eigenvalue weighted by molar-refractivity contribution is 0.122. The molecule has 10 heteroatoms. The second-order valence-corrected chi connectivity index (χ2v) is 10.7. The van der Waals surface area contributed by atoms with Crippen molar-refractivity contribution in [2.75, 3.05) is 67.7 Å². The third-order valence-corrected chi connectivity index (χ3v) is 8.12. The first-order chi connectivity index (χ1) is 19.7.